The molecule has 0 aromatic rings. The zero-order valence-electron chi connectivity index (χ0n) is 8.94. The van der Waals surface area contributed by atoms with Gasteiger partial charge in [0.1, 0.15) is 4.87 Å². The molecule has 0 N–H and O–H groups in total. The summed E-state index contributed by atoms with van der Waals surface area (Å²) in [4.78, 5) is 25.9. The number of hydrogen-bond donors (Lipinski definition) is 0. The van der Waals surface area contributed by atoms with Crippen molar-refractivity contribution in [1.29, 1.82) is 0 Å². The van der Waals surface area contributed by atoms with E-state index in [1.54, 1.807) is 6.92 Å². The molecule has 0 bridgehead atoms. The van der Waals surface area contributed by atoms with Crippen molar-refractivity contribution >= 4 is 24.1 Å². The molecule has 5 heteroatoms. The van der Waals surface area contributed by atoms with Gasteiger partial charge in [0.05, 0.1) is 6.54 Å². The third-order valence-electron chi connectivity index (χ3n) is 3.23. The molecule has 2 amide bonds. The molecule has 0 radical (unpaired) electrons. The van der Waals surface area contributed by atoms with Gasteiger partial charge in [-0.2, -0.15) is 0 Å². The highest BCUT2D eigenvalue weighted by Crippen LogP contribution is 2.41. The summed E-state index contributed by atoms with van der Waals surface area (Å²) in [5.74, 6) is 1.11. The van der Waals surface area contributed by atoms with Crippen molar-refractivity contribution < 1.29 is 9.59 Å². The molecule has 2 fully saturated rings. The van der Waals surface area contributed by atoms with Crippen LogP contribution in [0.5, 0.6) is 0 Å². The zero-order valence-corrected chi connectivity index (χ0v) is 9.76. The molecule has 2 aliphatic heterocycles. The molecule has 0 saturated carbocycles. The van der Waals surface area contributed by atoms with E-state index in [-0.39, 0.29) is 10.8 Å². The number of thioether (sulfide) groups is 1. The number of carbonyl (C=O) groups excluding carboxylic acids is 2. The van der Waals surface area contributed by atoms with Gasteiger partial charge in [-0.1, -0.05) is 0 Å². The standard InChI is InChI=1S/C10H16N2O2S/c1-9(14)11-4-2-3-10(7-11)12(8-13)5-6-15-10/h8H,2-7H2,1H3. The van der Waals surface area contributed by atoms with E-state index in [4.69, 9.17) is 0 Å². The van der Waals surface area contributed by atoms with Gasteiger partial charge in [0.25, 0.3) is 0 Å². The van der Waals surface area contributed by atoms with Crippen LogP contribution in [0.15, 0.2) is 0 Å². The maximum absolute atomic E-state index is 11.3. The maximum Gasteiger partial charge on any atom is 0.219 e. The van der Waals surface area contributed by atoms with Crippen LogP contribution in [0.4, 0.5) is 0 Å². The largest absolute Gasteiger partial charge is 0.340 e. The van der Waals surface area contributed by atoms with Crippen LogP contribution in [-0.4, -0.2) is 52.4 Å². The van der Waals surface area contributed by atoms with Crippen molar-refractivity contribution in [1.82, 2.24) is 9.80 Å². The summed E-state index contributed by atoms with van der Waals surface area (Å²) in [7, 11) is 0. The number of amides is 2. The molecule has 1 spiro atoms. The number of rotatable bonds is 1. The van der Waals surface area contributed by atoms with Crippen molar-refractivity contribution in [3.05, 3.63) is 0 Å². The molecule has 2 heterocycles. The predicted molar refractivity (Wildman–Crippen MR) is 59.4 cm³/mol. The first-order valence-electron chi connectivity index (χ1n) is 5.29. The first kappa shape index (κ1) is 10.8. The van der Waals surface area contributed by atoms with Gasteiger partial charge in [-0.15, -0.1) is 11.8 Å². The van der Waals surface area contributed by atoms with E-state index in [0.29, 0.717) is 6.54 Å². The number of likely N-dealkylation sites (tertiary alicyclic amines) is 1. The van der Waals surface area contributed by atoms with Gasteiger partial charge in [-0.3, -0.25) is 9.59 Å². The number of hydrogen-bond acceptors (Lipinski definition) is 3. The highest BCUT2D eigenvalue weighted by molar-refractivity contribution is 8.00. The van der Waals surface area contributed by atoms with Crippen molar-refractivity contribution in [2.45, 2.75) is 24.6 Å². The molecule has 2 rings (SSSR count). The SMILES string of the molecule is CC(=O)N1CCCC2(C1)SCCN2C=O. The smallest absolute Gasteiger partial charge is 0.219 e. The molecule has 1 atom stereocenters. The lowest BCUT2D eigenvalue weighted by Crippen LogP contribution is -2.54. The monoisotopic (exact) mass is 228 g/mol. The first-order valence-corrected chi connectivity index (χ1v) is 6.28. The molecule has 4 nitrogen and oxygen atoms in total. The summed E-state index contributed by atoms with van der Waals surface area (Å²) in [5, 5.41) is 0. The van der Waals surface area contributed by atoms with E-state index in [0.717, 1.165) is 38.1 Å². The Labute approximate surface area is 94.0 Å². The fourth-order valence-electron chi connectivity index (χ4n) is 2.39. The van der Waals surface area contributed by atoms with Gasteiger partial charge in [0.2, 0.25) is 12.3 Å². The van der Waals surface area contributed by atoms with Crippen LogP contribution in [0.3, 0.4) is 0 Å². The van der Waals surface area contributed by atoms with Gasteiger partial charge >= 0.3 is 0 Å². The van der Waals surface area contributed by atoms with E-state index < -0.39 is 0 Å². The van der Waals surface area contributed by atoms with Crippen LogP contribution in [0, 0.1) is 0 Å². The molecule has 84 valence electrons. The topological polar surface area (TPSA) is 40.6 Å². The van der Waals surface area contributed by atoms with E-state index in [1.807, 2.05) is 21.6 Å². The van der Waals surface area contributed by atoms with E-state index in [9.17, 15) is 9.59 Å². The lowest BCUT2D eigenvalue weighted by molar-refractivity contribution is -0.133. The van der Waals surface area contributed by atoms with Crippen molar-refractivity contribution in [3.63, 3.8) is 0 Å². The number of piperidine rings is 1. The van der Waals surface area contributed by atoms with E-state index >= 15 is 0 Å². The van der Waals surface area contributed by atoms with Crippen LogP contribution in [0.2, 0.25) is 0 Å². The Balaban J connectivity index is 2.13. The Hall–Kier alpha value is -0.710. The lowest BCUT2D eigenvalue weighted by atomic mass is 10.0. The van der Waals surface area contributed by atoms with Gasteiger partial charge in [-0.05, 0) is 12.8 Å². The lowest BCUT2D eigenvalue weighted by Gasteiger charge is -2.43. The van der Waals surface area contributed by atoms with Crippen LogP contribution < -0.4 is 0 Å². The average molecular weight is 228 g/mol. The molecular formula is C10H16N2O2S. The van der Waals surface area contributed by atoms with E-state index in [1.165, 1.54) is 0 Å². The fraction of sp³-hybridized carbons (Fsp3) is 0.800. The van der Waals surface area contributed by atoms with Gasteiger partial charge in [0.15, 0.2) is 0 Å². The normalized spacial score (nSPS) is 31.0. The Bertz CT molecular complexity index is 285. The first-order chi connectivity index (χ1) is 7.18. The maximum atomic E-state index is 11.3. The minimum absolute atomic E-state index is 0.118. The molecular weight excluding hydrogens is 212 g/mol. The molecule has 15 heavy (non-hydrogen) atoms. The Kier molecular flexibility index (Phi) is 2.91. The molecule has 0 aliphatic carbocycles. The summed E-state index contributed by atoms with van der Waals surface area (Å²) >= 11 is 1.82. The summed E-state index contributed by atoms with van der Waals surface area (Å²) in [6.07, 6.45) is 2.95. The van der Waals surface area contributed by atoms with Crippen molar-refractivity contribution in [2.75, 3.05) is 25.4 Å². The summed E-state index contributed by atoms with van der Waals surface area (Å²) in [6.45, 7) is 3.96. The Morgan fingerprint density at radius 1 is 1.47 bits per heavy atom. The van der Waals surface area contributed by atoms with Gasteiger partial charge in [0, 0.05) is 25.8 Å². The second-order valence-corrected chi connectivity index (χ2v) is 5.59. The fourth-order valence-corrected chi connectivity index (χ4v) is 3.90. The van der Waals surface area contributed by atoms with Crippen LogP contribution in [0.25, 0.3) is 0 Å². The Morgan fingerprint density at radius 3 is 2.93 bits per heavy atom. The zero-order chi connectivity index (χ0) is 10.9. The summed E-state index contributed by atoms with van der Waals surface area (Å²) < 4.78 is 0. The molecule has 1 unspecified atom stereocenters. The number of nitrogens with zero attached hydrogens (tertiary/aromatic N) is 2. The summed E-state index contributed by atoms with van der Waals surface area (Å²) in [5.41, 5.74) is 0. The minimum atomic E-state index is -0.119. The van der Waals surface area contributed by atoms with Crippen LogP contribution in [-0.2, 0) is 9.59 Å². The van der Waals surface area contributed by atoms with Gasteiger partial charge < -0.3 is 9.80 Å². The molecule has 0 aromatic carbocycles. The minimum Gasteiger partial charge on any atom is -0.340 e. The summed E-state index contributed by atoms with van der Waals surface area (Å²) in [6, 6.07) is 0. The van der Waals surface area contributed by atoms with Gasteiger partial charge in [-0.25, -0.2) is 0 Å². The third kappa shape index (κ3) is 1.85. The average Bonchev–Trinajstić information content (AvgIpc) is 2.60. The molecule has 2 saturated heterocycles. The Morgan fingerprint density at radius 2 is 2.27 bits per heavy atom. The highest BCUT2D eigenvalue weighted by Gasteiger charge is 2.44. The third-order valence-corrected chi connectivity index (χ3v) is 4.72. The second-order valence-electron chi connectivity index (χ2n) is 4.14. The quantitative estimate of drug-likeness (QED) is 0.615. The predicted octanol–water partition coefficient (Wildman–Crippen LogP) is 0.530. The second kappa shape index (κ2) is 4.04. The molecule has 2 aliphatic rings. The van der Waals surface area contributed by atoms with Crippen molar-refractivity contribution in [2.24, 2.45) is 0 Å². The molecule has 0 aromatic heterocycles. The van der Waals surface area contributed by atoms with Crippen LogP contribution >= 0.6 is 11.8 Å². The van der Waals surface area contributed by atoms with Crippen LogP contribution in [0.1, 0.15) is 19.8 Å². The number of carbonyl (C=O) groups is 2. The van der Waals surface area contributed by atoms with E-state index in [2.05, 4.69) is 0 Å². The van der Waals surface area contributed by atoms with Crippen molar-refractivity contribution in [3.8, 4) is 0 Å². The highest BCUT2D eigenvalue weighted by atomic mass is 32.2.